The molecule has 2 amide bonds. The van der Waals surface area contributed by atoms with Crippen molar-refractivity contribution in [2.45, 2.75) is 58.4 Å². The number of carbonyl (C=O) groups excluding carboxylic acids is 2. The Hall–Kier alpha value is -1.85. The van der Waals surface area contributed by atoms with Crippen LogP contribution in [0.3, 0.4) is 0 Å². The minimum absolute atomic E-state index is 0.0138. The Balaban J connectivity index is 1.78. The van der Waals surface area contributed by atoms with E-state index in [-0.39, 0.29) is 17.9 Å². The number of hydrogen-bond acceptors (Lipinski definition) is 3. The first-order chi connectivity index (χ1) is 11.1. The van der Waals surface area contributed by atoms with Gasteiger partial charge in [0, 0.05) is 24.3 Å². The van der Waals surface area contributed by atoms with Crippen LogP contribution < -0.4 is 5.32 Å². The molecule has 6 heteroatoms. The molecule has 0 bridgehead atoms. The molecule has 2 fully saturated rings. The Morgan fingerprint density at radius 1 is 1.26 bits per heavy atom. The largest absolute Gasteiger partial charge is 0.353 e. The molecular weight excluding hydrogens is 292 g/mol. The Labute approximate surface area is 137 Å². The summed E-state index contributed by atoms with van der Waals surface area (Å²) in [4.78, 5) is 27.0. The zero-order valence-corrected chi connectivity index (χ0v) is 14.0. The molecule has 2 N–H and O–H groups in total. The van der Waals surface area contributed by atoms with Crippen LogP contribution in [0, 0.1) is 19.8 Å². The molecule has 1 atom stereocenters. The third-order valence-electron chi connectivity index (χ3n) is 5.33. The van der Waals surface area contributed by atoms with Crippen molar-refractivity contribution in [3.05, 3.63) is 17.0 Å². The normalized spacial score (nSPS) is 23.0. The molecule has 1 saturated heterocycles. The van der Waals surface area contributed by atoms with Crippen LogP contribution in [0.4, 0.5) is 0 Å². The van der Waals surface area contributed by atoms with E-state index in [2.05, 4.69) is 15.5 Å². The zero-order chi connectivity index (χ0) is 16.4. The van der Waals surface area contributed by atoms with Crippen LogP contribution >= 0.6 is 0 Å². The van der Waals surface area contributed by atoms with Crippen LogP contribution in [0.2, 0.25) is 0 Å². The number of aromatic amines is 1. The number of nitrogens with zero attached hydrogens (tertiary/aromatic N) is 2. The van der Waals surface area contributed by atoms with Gasteiger partial charge in [-0.15, -0.1) is 0 Å². The molecule has 0 spiro atoms. The van der Waals surface area contributed by atoms with Crippen molar-refractivity contribution in [2.24, 2.45) is 5.92 Å². The van der Waals surface area contributed by atoms with Gasteiger partial charge in [0.1, 0.15) is 6.04 Å². The summed E-state index contributed by atoms with van der Waals surface area (Å²) in [5.74, 6) is 0.414. The van der Waals surface area contributed by atoms with Gasteiger partial charge >= 0.3 is 0 Å². The van der Waals surface area contributed by atoms with E-state index in [4.69, 9.17) is 0 Å². The van der Waals surface area contributed by atoms with Gasteiger partial charge in [-0.1, -0.05) is 32.1 Å². The van der Waals surface area contributed by atoms with E-state index < -0.39 is 0 Å². The molecule has 1 aliphatic heterocycles. The molecule has 1 unspecified atom stereocenters. The molecule has 1 aliphatic carbocycles. The molecule has 3 rings (SSSR count). The molecule has 1 saturated carbocycles. The number of piperazine rings is 1. The molecular formula is C17H26N4O2. The van der Waals surface area contributed by atoms with Gasteiger partial charge in [-0.2, -0.15) is 5.10 Å². The summed E-state index contributed by atoms with van der Waals surface area (Å²) < 4.78 is 0. The maximum absolute atomic E-state index is 12.9. The Morgan fingerprint density at radius 2 is 2.00 bits per heavy atom. The average Bonchev–Trinajstić information content (AvgIpc) is 2.89. The van der Waals surface area contributed by atoms with E-state index in [1.807, 2.05) is 13.8 Å². The van der Waals surface area contributed by atoms with Gasteiger partial charge in [0.05, 0.1) is 0 Å². The van der Waals surface area contributed by atoms with Gasteiger partial charge < -0.3 is 10.2 Å². The number of H-pyrrole nitrogens is 1. The fraction of sp³-hybridized carbons (Fsp3) is 0.706. The number of aromatic nitrogens is 2. The Kier molecular flexibility index (Phi) is 4.68. The van der Waals surface area contributed by atoms with Gasteiger partial charge in [0.2, 0.25) is 5.91 Å². The highest BCUT2D eigenvalue weighted by molar-refractivity contribution is 5.98. The smallest absolute Gasteiger partial charge is 0.275 e. The van der Waals surface area contributed by atoms with Crippen LogP contribution in [-0.4, -0.2) is 46.0 Å². The maximum atomic E-state index is 12.9. The molecule has 6 nitrogen and oxygen atoms in total. The lowest BCUT2D eigenvalue weighted by Gasteiger charge is -2.37. The number of hydrogen-bond donors (Lipinski definition) is 2. The summed E-state index contributed by atoms with van der Waals surface area (Å²) in [6.07, 6.45) is 6.90. The standard InChI is InChI=1S/C17H26N4O2/c1-11-12(2)19-20-15(11)17(23)21-9-8-18-16(22)14(21)10-13-6-4-3-5-7-13/h13-14H,3-10H2,1-2H3,(H,18,22)(H,19,20). The second-order valence-corrected chi connectivity index (χ2v) is 6.87. The van der Waals surface area contributed by atoms with Crippen molar-refractivity contribution < 1.29 is 9.59 Å². The van der Waals surface area contributed by atoms with Crippen molar-refractivity contribution in [2.75, 3.05) is 13.1 Å². The molecule has 0 radical (unpaired) electrons. The van der Waals surface area contributed by atoms with Crippen molar-refractivity contribution in [1.82, 2.24) is 20.4 Å². The number of nitrogens with one attached hydrogen (secondary N) is 2. The van der Waals surface area contributed by atoms with Crippen molar-refractivity contribution >= 4 is 11.8 Å². The van der Waals surface area contributed by atoms with Crippen LogP contribution in [0.25, 0.3) is 0 Å². The first-order valence-corrected chi connectivity index (χ1v) is 8.68. The highest BCUT2D eigenvalue weighted by Gasteiger charge is 2.36. The van der Waals surface area contributed by atoms with E-state index in [9.17, 15) is 9.59 Å². The summed E-state index contributed by atoms with van der Waals surface area (Å²) in [5, 5.41) is 9.93. The average molecular weight is 318 g/mol. The van der Waals surface area contributed by atoms with Gasteiger partial charge in [-0.25, -0.2) is 0 Å². The highest BCUT2D eigenvalue weighted by atomic mass is 16.2. The minimum atomic E-state index is -0.351. The van der Waals surface area contributed by atoms with Gasteiger partial charge in [0.15, 0.2) is 5.69 Å². The highest BCUT2D eigenvalue weighted by Crippen LogP contribution is 2.29. The minimum Gasteiger partial charge on any atom is -0.353 e. The summed E-state index contributed by atoms with van der Waals surface area (Å²) in [7, 11) is 0. The third kappa shape index (κ3) is 3.26. The SMILES string of the molecule is Cc1[nH]nc(C(=O)N2CCNC(=O)C2CC2CCCCC2)c1C. The Bertz CT molecular complexity index is 589. The second-order valence-electron chi connectivity index (χ2n) is 6.87. The summed E-state index contributed by atoms with van der Waals surface area (Å²) in [5.41, 5.74) is 2.22. The molecule has 126 valence electrons. The number of amides is 2. The molecule has 1 aromatic heterocycles. The van der Waals surface area contributed by atoms with Gasteiger partial charge in [-0.05, 0) is 26.2 Å². The molecule has 2 aliphatic rings. The lowest BCUT2D eigenvalue weighted by atomic mass is 9.84. The van der Waals surface area contributed by atoms with Gasteiger partial charge in [0.25, 0.3) is 5.91 Å². The van der Waals surface area contributed by atoms with Crippen LogP contribution in [-0.2, 0) is 4.79 Å². The molecule has 2 heterocycles. The summed E-state index contributed by atoms with van der Waals surface area (Å²) in [6.45, 7) is 4.88. The monoisotopic (exact) mass is 318 g/mol. The predicted octanol–water partition coefficient (Wildman–Crippen LogP) is 1.94. The van der Waals surface area contributed by atoms with E-state index >= 15 is 0 Å². The third-order valence-corrected chi connectivity index (χ3v) is 5.33. The molecule has 0 aromatic carbocycles. The number of aryl methyl sites for hydroxylation is 1. The first kappa shape index (κ1) is 16.0. The lowest BCUT2D eigenvalue weighted by molar-refractivity contribution is -0.128. The summed E-state index contributed by atoms with van der Waals surface area (Å²) >= 11 is 0. The van der Waals surface area contributed by atoms with Crippen molar-refractivity contribution in [1.29, 1.82) is 0 Å². The Morgan fingerprint density at radius 3 is 2.65 bits per heavy atom. The fourth-order valence-corrected chi connectivity index (χ4v) is 3.76. The van der Waals surface area contributed by atoms with E-state index in [1.165, 1.54) is 32.1 Å². The first-order valence-electron chi connectivity index (χ1n) is 8.68. The van der Waals surface area contributed by atoms with E-state index in [0.717, 1.165) is 17.7 Å². The van der Waals surface area contributed by atoms with E-state index in [0.29, 0.717) is 24.7 Å². The van der Waals surface area contributed by atoms with Crippen molar-refractivity contribution in [3.63, 3.8) is 0 Å². The maximum Gasteiger partial charge on any atom is 0.275 e. The lowest BCUT2D eigenvalue weighted by Crippen LogP contribution is -2.57. The van der Waals surface area contributed by atoms with Crippen LogP contribution in [0.1, 0.15) is 60.3 Å². The fourth-order valence-electron chi connectivity index (χ4n) is 3.76. The summed E-state index contributed by atoms with van der Waals surface area (Å²) in [6, 6.07) is -0.351. The van der Waals surface area contributed by atoms with Crippen LogP contribution in [0.15, 0.2) is 0 Å². The number of carbonyl (C=O) groups is 2. The topological polar surface area (TPSA) is 78.1 Å². The predicted molar refractivity (Wildman–Crippen MR) is 87.1 cm³/mol. The van der Waals surface area contributed by atoms with Crippen LogP contribution in [0.5, 0.6) is 0 Å². The van der Waals surface area contributed by atoms with E-state index in [1.54, 1.807) is 4.90 Å². The second kappa shape index (κ2) is 6.72. The zero-order valence-electron chi connectivity index (χ0n) is 14.0. The quantitative estimate of drug-likeness (QED) is 0.894. The molecule has 1 aromatic rings. The van der Waals surface area contributed by atoms with Crippen molar-refractivity contribution in [3.8, 4) is 0 Å². The molecule has 23 heavy (non-hydrogen) atoms. The number of rotatable bonds is 3. The van der Waals surface area contributed by atoms with Gasteiger partial charge in [-0.3, -0.25) is 14.7 Å².